The zero-order valence-corrected chi connectivity index (χ0v) is 10.5. The molecule has 0 aromatic carbocycles. The lowest BCUT2D eigenvalue weighted by Crippen LogP contribution is -2.32. The third-order valence-electron chi connectivity index (χ3n) is 2.32. The minimum atomic E-state index is -0.159. The molecule has 15 heavy (non-hydrogen) atoms. The molecule has 0 radical (unpaired) electrons. The number of rotatable bonds is 8. The summed E-state index contributed by atoms with van der Waals surface area (Å²) in [4.78, 5) is 11.0. The maximum atomic E-state index is 11.0. The number of hydrogen-bond donors (Lipinski definition) is 1. The molecule has 0 aliphatic carbocycles. The fraction of sp³-hybridized carbons (Fsp3) is 0.917. The molecular weight excluding hydrogens is 190 g/mol. The van der Waals surface area contributed by atoms with E-state index < -0.39 is 0 Å². The fourth-order valence-electron chi connectivity index (χ4n) is 1.40. The first-order valence-corrected chi connectivity index (χ1v) is 5.95. The van der Waals surface area contributed by atoms with E-state index in [1.807, 2.05) is 6.92 Å². The van der Waals surface area contributed by atoms with Crippen molar-refractivity contribution in [1.82, 2.24) is 5.32 Å². The van der Waals surface area contributed by atoms with Crippen molar-refractivity contribution < 1.29 is 9.53 Å². The van der Waals surface area contributed by atoms with Gasteiger partial charge in [0.05, 0.1) is 13.2 Å². The Morgan fingerprint density at radius 3 is 2.47 bits per heavy atom. The molecule has 1 atom stereocenters. The Labute approximate surface area is 93.6 Å². The van der Waals surface area contributed by atoms with Crippen LogP contribution in [0.3, 0.4) is 0 Å². The van der Waals surface area contributed by atoms with E-state index in [1.54, 1.807) is 0 Å². The summed E-state index contributed by atoms with van der Waals surface area (Å²) < 4.78 is 4.83. The monoisotopic (exact) mass is 215 g/mol. The molecule has 0 aliphatic rings. The van der Waals surface area contributed by atoms with Crippen molar-refractivity contribution >= 4 is 5.97 Å². The van der Waals surface area contributed by atoms with Gasteiger partial charge in [0.1, 0.15) is 0 Å². The lowest BCUT2D eigenvalue weighted by Gasteiger charge is -2.13. The van der Waals surface area contributed by atoms with Gasteiger partial charge in [-0.25, -0.2) is 0 Å². The molecule has 0 amide bonds. The third-order valence-corrected chi connectivity index (χ3v) is 2.32. The normalized spacial score (nSPS) is 12.9. The standard InChI is InChI=1S/C12H25NO2/c1-5-15-12(14)9-13-11(4)8-6-7-10(2)3/h10-11,13H,5-9H2,1-4H3. The van der Waals surface area contributed by atoms with Crippen molar-refractivity contribution in [3.05, 3.63) is 0 Å². The molecule has 0 fully saturated rings. The summed E-state index contributed by atoms with van der Waals surface area (Å²) in [6.45, 7) is 9.19. The minimum absolute atomic E-state index is 0.159. The predicted octanol–water partition coefficient (Wildman–Crippen LogP) is 2.35. The first-order chi connectivity index (χ1) is 7.06. The van der Waals surface area contributed by atoms with Crippen LogP contribution in [0.1, 0.15) is 47.0 Å². The molecule has 3 nitrogen and oxygen atoms in total. The van der Waals surface area contributed by atoms with E-state index in [0.29, 0.717) is 19.2 Å². The number of esters is 1. The Bertz CT molecular complexity index is 169. The summed E-state index contributed by atoms with van der Waals surface area (Å²) in [5.41, 5.74) is 0. The quantitative estimate of drug-likeness (QED) is 0.632. The molecule has 90 valence electrons. The average molecular weight is 215 g/mol. The molecule has 0 aromatic heterocycles. The molecule has 0 aromatic rings. The Hall–Kier alpha value is -0.570. The summed E-state index contributed by atoms with van der Waals surface area (Å²) in [7, 11) is 0. The number of nitrogens with one attached hydrogen (secondary N) is 1. The van der Waals surface area contributed by atoms with Crippen molar-refractivity contribution in [2.45, 2.75) is 53.0 Å². The van der Waals surface area contributed by atoms with Gasteiger partial charge in [-0.15, -0.1) is 0 Å². The van der Waals surface area contributed by atoms with Gasteiger partial charge >= 0.3 is 5.97 Å². The van der Waals surface area contributed by atoms with Gasteiger partial charge < -0.3 is 10.1 Å². The van der Waals surface area contributed by atoms with Crippen LogP contribution < -0.4 is 5.32 Å². The van der Waals surface area contributed by atoms with Gasteiger partial charge in [-0.05, 0) is 26.2 Å². The highest BCUT2D eigenvalue weighted by atomic mass is 16.5. The van der Waals surface area contributed by atoms with E-state index in [9.17, 15) is 4.79 Å². The minimum Gasteiger partial charge on any atom is -0.465 e. The number of carbonyl (C=O) groups excluding carboxylic acids is 1. The van der Waals surface area contributed by atoms with Crippen LogP contribution >= 0.6 is 0 Å². The molecule has 0 saturated heterocycles. The van der Waals surface area contributed by atoms with Crippen molar-refractivity contribution in [1.29, 1.82) is 0 Å². The average Bonchev–Trinajstić information content (AvgIpc) is 2.14. The Morgan fingerprint density at radius 1 is 1.27 bits per heavy atom. The largest absolute Gasteiger partial charge is 0.465 e. The third kappa shape index (κ3) is 9.73. The van der Waals surface area contributed by atoms with Crippen LogP contribution in [0.25, 0.3) is 0 Å². The second-order valence-corrected chi connectivity index (χ2v) is 4.41. The van der Waals surface area contributed by atoms with Crippen LogP contribution in [-0.4, -0.2) is 25.2 Å². The lowest BCUT2D eigenvalue weighted by molar-refractivity contribution is -0.142. The van der Waals surface area contributed by atoms with Crippen molar-refractivity contribution in [2.24, 2.45) is 5.92 Å². The van der Waals surface area contributed by atoms with Gasteiger partial charge in [0.25, 0.3) is 0 Å². The molecular formula is C12H25NO2. The Balaban J connectivity index is 3.40. The molecule has 1 unspecified atom stereocenters. The van der Waals surface area contributed by atoms with Crippen LogP contribution in [0.15, 0.2) is 0 Å². The van der Waals surface area contributed by atoms with E-state index in [4.69, 9.17) is 4.74 Å². The lowest BCUT2D eigenvalue weighted by atomic mass is 10.0. The van der Waals surface area contributed by atoms with Gasteiger partial charge in [-0.1, -0.05) is 26.7 Å². The van der Waals surface area contributed by atoms with Gasteiger partial charge in [0.2, 0.25) is 0 Å². The van der Waals surface area contributed by atoms with Crippen LogP contribution in [0.2, 0.25) is 0 Å². The molecule has 0 spiro atoms. The molecule has 0 bridgehead atoms. The van der Waals surface area contributed by atoms with Gasteiger partial charge in [-0.3, -0.25) is 4.79 Å². The summed E-state index contributed by atoms with van der Waals surface area (Å²) in [6.07, 6.45) is 3.59. The Morgan fingerprint density at radius 2 is 1.93 bits per heavy atom. The van der Waals surface area contributed by atoms with Gasteiger partial charge in [0, 0.05) is 6.04 Å². The fourth-order valence-corrected chi connectivity index (χ4v) is 1.40. The first kappa shape index (κ1) is 14.4. The van der Waals surface area contributed by atoms with E-state index in [1.165, 1.54) is 12.8 Å². The number of carbonyl (C=O) groups is 1. The maximum absolute atomic E-state index is 11.0. The zero-order valence-electron chi connectivity index (χ0n) is 10.5. The number of hydrogen-bond acceptors (Lipinski definition) is 3. The van der Waals surface area contributed by atoms with Gasteiger partial charge in [-0.2, -0.15) is 0 Å². The predicted molar refractivity (Wildman–Crippen MR) is 62.8 cm³/mol. The van der Waals surface area contributed by atoms with E-state index in [-0.39, 0.29) is 5.97 Å². The molecule has 0 saturated carbocycles. The Kier molecular flexibility index (Phi) is 8.38. The zero-order chi connectivity index (χ0) is 11.7. The van der Waals surface area contributed by atoms with Crippen LogP contribution in [0.4, 0.5) is 0 Å². The summed E-state index contributed by atoms with van der Waals surface area (Å²) >= 11 is 0. The highest BCUT2D eigenvalue weighted by Crippen LogP contribution is 2.07. The topological polar surface area (TPSA) is 38.3 Å². The number of ether oxygens (including phenoxy) is 1. The van der Waals surface area contributed by atoms with Gasteiger partial charge in [0.15, 0.2) is 0 Å². The molecule has 0 aliphatic heterocycles. The summed E-state index contributed by atoms with van der Waals surface area (Å²) in [5, 5.41) is 3.17. The second kappa shape index (κ2) is 8.72. The van der Waals surface area contributed by atoms with E-state index in [0.717, 1.165) is 12.3 Å². The maximum Gasteiger partial charge on any atom is 0.319 e. The molecule has 0 rings (SSSR count). The van der Waals surface area contributed by atoms with Crippen molar-refractivity contribution in [3.63, 3.8) is 0 Å². The SMILES string of the molecule is CCOC(=O)CNC(C)CCCC(C)C. The first-order valence-electron chi connectivity index (χ1n) is 5.95. The highest BCUT2D eigenvalue weighted by molar-refractivity contribution is 5.71. The molecule has 0 heterocycles. The van der Waals surface area contributed by atoms with E-state index >= 15 is 0 Å². The summed E-state index contributed by atoms with van der Waals surface area (Å²) in [6, 6.07) is 0.396. The van der Waals surface area contributed by atoms with Crippen LogP contribution in [-0.2, 0) is 9.53 Å². The van der Waals surface area contributed by atoms with Crippen molar-refractivity contribution in [2.75, 3.05) is 13.2 Å². The smallest absolute Gasteiger partial charge is 0.319 e. The van der Waals surface area contributed by atoms with Crippen molar-refractivity contribution in [3.8, 4) is 0 Å². The van der Waals surface area contributed by atoms with Crippen LogP contribution in [0.5, 0.6) is 0 Å². The molecule has 3 heteroatoms. The summed E-state index contributed by atoms with van der Waals surface area (Å²) in [5.74, 6) is 0.607. The molecule has 1 N–H and O–H groups in total. The van der Waals surface area contributed by atoms with Crippen LogP contribution in [0, 0.1) is 5.92 Å². The highest BCUT2D eigenvalue weighted by Gasteiger charge is 2.05. The second-order valence-electron chi connectivity index (χ2n) is 4.41. The van der Waals surface area contributed by atoms with E-state index in [2.05, 4.69) is 26.1 Å².